The number of hydrogen-bond acceptors (Lipinski definition) is 5. The molecule has 6 nitrogen and oxygen atoms in total. The molecule has 1 aliphatic heterocycles. The van der Waals surface area contributed by atoms with E-state index < -0.39 is 6.36 Å². The Morgan fingerprint density at radius 1 is 1.22 bits per heavy atom. The number of alkyl halides is 3. The lowest BCUT2D eigenvalue weighted by atomic mass is 10.1. The highest BCUT2D eigenvalue weighted by Gasteiger charge is 2.31. The molecule has 1 unspecified atom stereocenters. The predicted molar refractivity (Wildman–Crippen MR) is 89.4 cm³/mol. The molecular formula is C18H18F3N3O3. The predicted octanol–water partition coefficient (Wildman–Crippen LogP) is 3.37. The second-order valence-corrected chi connectivity index (χ2v) is 6.15. The summed E-state index contributed by atoms with van der Waals surface area (Å²) in [5.74, 6) is 0.423. The lowest BCUT2D eigenvalue weighted by Gasteiger charge is -2.32. The smallest absolute Gasteiger partial charge is 0.472 e. The topological polar surface area (TPSA) is 64.5 Å². The third-order valence-electron chi connectivity index (χ3n) is 4.04. The van der Waals surface area contributed by atoms with Crippen LogP contribution in [0.15, 0.2) is 36.5 Å². The highest BCUT2D eigenvalue weighted by molar-refractivity contribution is 5.94. The molecule has 1 aliphatic rings. The van der Waals surface area contributed by atoms with Gasteiger partial charge in [0.15, 0.2) is 0 Å². The van der Waals surface area contributed by atoms with Gasteiger partial charge in [-0.05, 0) is 44.0 Å². The minimum atomic E-state index is -4.76. The van der Waals surface area contributed by atoms with Gasteiger partial charge in [0.25, 0.3) is 5.91 Å². The van der Waals surface area contributed by atoms with Crippen molar-refractivity contribution in [1.29, 1.82) is 0 Å². The quantitative estimate of drug-likeness (QED) is 0.813. The average molecular weight is 381 g/mol. The molecule has 1 amide bonds. The van der Waals surface area contributed by atoms with E-state index >= 15 is 0 Å². The molecule has 27 heavy (non-hydrogen) atoms. The fraction of sp³-hybridized carbons (Fsp3) is 0.389. The first kappa shape index (κ1) is 18.9. The highest BCUT2D eigenvalue weighted by Crippen LogP contribution is 2.24. The van der Waals surface area contributed by atoms with Crippen molar-refractivity contribution in [1.82, 2.24) is 14.9 Å². The molecule has 2 heterocycles. The van der Waals surface area contributed by atoms with Crippen molar-refractivity contribution in [3.8, 4) is 11.6 Å². The van der Waals surface area contributed by atoms with Crippen LogP contribution in [-0.4, -0.2) is 46.3 Å². The lowest BCUT2D eigenvalue weighted by Crippen LogP contribution is -2.44. The first-order chi connectivity index (χ1) is 12.8. The lowest BCUT2D eigenvalue weighted by molar-refractivity contribution is -0.274. The van der Waals surface area contributed by atoms with Crippen molar-refractivity contribution in [2.24, 2.45) is 0 Å². The van der Waals surface area contributed by atoms with Gasteiger partial charge in [0.1, 0.15) is 17.7 Å². The molecule has 2 aromatic rings. The maximum atomic E-state index is 12.6. The Labute approximate surface area is 153 Å². The maximum absolute atomic E-state index is 12.6. The highest BCUT2D eigenvalue weighted by atomic mass is 19.4. The number of nitrogens with zero attached hydrogens (tertiary/aromatic N) is 3. The summed E-state index contributed by atoms with van der Waals surface area (Å²) in [5, 5.41) is 0. The summed E-state index contributed by atoms with van der Waals surface area (Å²) in [7, 11) is 0. The Balaban J connectivity index is 1.62. The zero-order valence-electron chi connectivity index (χ0n) is 14.6. The Kier molecular flexibility index (Phi) is 5.48. The van der Waals surface area contributed by atoms with Crippen LogP contribution >= 0.6 is 0 Å². The molecule has 144 valence electrons. The fourth-order valence-electron chi connectivity index (χ4n) is 2.87. The van der Waals surface area contributed by atoms with Crippen molar-refractivity contribution in [3.63, 3.8) is 0 Å². The van der Waals surface area contributed by atoms with Gasteiger partial charge in [-0.15, -0.1) is 13.2 Å². The van der Waals surface area contributed by atoms with E-state index in [0.717, 1.165) is 25.0 Å². The molecule has 1 saturated heterocycles. The molecule has 1 aromatic heterocycles. The zero-order chi connectivity index (χ0) is 19.4. The van der Waals surface area contributed by atoms with E-state index in [1.165, 1.54) is 12.1 Å². The first-order valence-corrected chi connectivity index (χ1v) is 8.41. The van der Waals surface area contributed by atoms with Gasteiger partial charge in [0.2, 0.25) is 5.88 Å². The van der Waals surface area contributed by atoms with E-state index in [2.05, 4.69) is 14.7 Å². The zero-order valence-corrected chi connectivity index (χ0v) is 14.6. The molecular weight excluding hydrogens is 363 g/mol. The van der Waals surface area contributed by atoms with Crippen LogP contribution in [0.3, 0.4) is 0 Å². The van der Waals surface area contributed by atoms with Crippen molar-refractivity contribution >= 4 is 5.91 Å². The number of ether oxygens (including phenoxy) is 2. The second-order valence-electron chi connectivity index (χ2n) is 6.15. The van der Waals surface area contributed by atoms with Crippen LogP contribution in [0.1, 0.15) is 29.0 Å². The summed E-state index contributed by atoms with van der Waals surface area (Å²) in [4.78, 5) is 22.5. The summed E-state index contributed by atoms with van der Waals surface area (Å²) in [6.45, 7) is 2.70. The third-order valence-corrected chi connectivity index (χ3v) is 4.04. The Morgan fingerprint density at radius 3 is 2.63 bits per heavy atom. The van der Waals surface area contributed by atoms with Gasteiger partial charge in [-0.1, -0.05) is 0 Å². The number of likely N-dealkylation sites (tertiary alicyclic amines) is 1. The summed E-state index contributed by atoms with van der Waals surface area (Å²) in [5.41, 5.74) is 0.294. The molecule has 1 atom stereocenters. The van der Waals surface area contributed by atoms with E-state index in [9.17, 15) is 18.0 Å². The molecule has 0 bridgehead atoms. The molecule has 1 aromatic carbocycles. The number of aryl methyl sites for hydroxylation is 1. The van der Waals surface area contributed by atoms with E-state index in [4.69, 9.17) is 4.74 Å². The monoisotopic (exact) mass is 381 g/mol. The van der Waals surface area contributed by atoms with Crippen LogP contribution in [-0.2, 0) is 0 Å². The van der Waals surface area contributed by atoms with Crippen LogP contribution in [0.4, 0.5) is 13.2 Å². The number of halogens is 3. The van der Waals surface area contributed by atoms with Gasteiger partial charge in [0.05, 0.1) is 6.54 Å². The number of carbonyl (C=O) groups excluding carboxylic acids is 1. The summed E-state index contributed by atoms with van der Waals surface area (Å²) in [6.07, 6.45) is -1.82. The van der Waals surface area contributed by atoms with Crippen LogP contribution in [0, 0.1) is 6.92 Å². The number of carbonyl (C=O) groups is 1. The van der Waals surface area contributed by atoms with Gasteiger partial charge in [-0.3, -0.25) is 4.79 Å². The Hall–Kier alpha value is -2.84. The number of amides is 1. The second kappa shape index (κ2) is 7.81. The van der Waals surface area contributed by atoms with E-state index in [1.54, 1.807) is 24.1 Å². The number of benzene rings is 1. The number of piperidine rings is 1. The van der Waals surface area contributed by atoms with Crippen molar-refractivity contribution in [2.45, 2.75) is 32.2 Å². The van der Waals surface area contributed by atoms with Crippen molar-refractivity contribution < 1.29 is 27.4 Å². The van der Waals surface area contributed by atoms with Crippen LogP contribution in [0.5, 0.6) is 11.6 Å². The maximum Gasteiger partial charge on any atom is 0.573 e. The third kappa shape index (κ3) is 5.32. The molecule has 0 radical (unpaired) electrons. The minimum Gasteiger partial charge on any atom is -0.472 e. The number of aromatic nitrogens is 2. The molecule has 1 fully saturated rings. The van der Waals surface area contributed by atoms with Gasteiger partial charge < -0.3 is 14.4 Å². The SMILES string of the molecule is Cc1nccc(OC2CCCN(C(=O)c3ccc(OC(F)(F)F)cc3)C2)n1. The van der Waals surface area contributed by atoms with E-state index in [1.807, 2.05) is 0 Å². The summed E-state index contributed by atoms with van der Waals surface area (Å²) < 4.78 is 46.3. The first-order valence-electron chi connectivity index (χ1n) is 8.41. The molecule has 9 heteroatoms. The van der Waals surface area contributed by atoms with Gasteiger partial charge in [-0.25, -0.2) is 4.98 Å². The summed E-state index contributed by atoms with van der Waals surface area (Å²) in [6, 6.07) is 6.56. The Morgan fingerprint density at radius 2 is 1.96 bits per heavy atom. The van der Waals surface area contributed by atoms with Crippen LogP contribution in [0.25, 0.3) is 0 Å². The Bertz CT molecular complexity index is 796. The standard InChI is InChI=1S/C18H18F3N3O3/c1-12-22-9-8-16(23-12)26-15-3-2-10-24(11-15)17(25)13-4-6-14(7-5-13)27-18(19,20)21/h4-9,15H,2-3,10-11H2,1H3. The van der Waals surface area contributed by atoms with Gasteiger partial charge >= 0.3 is 6.36 Å². The van der Waals surface area contributed by atoms with E-state index in [0.29, 0.717) is 30.4 Å². The average Bonchev–Trinajstić information content (AvgIpc) is 2.61. The minimum absolute atomic E-state index is 0.204. The van der Waals surface area contributed by atoms with Crippen LogP contribution in [0.2, 0.25) is 0 Å². The van der Waals surface area contributed by atoms with Gasteiger partial charge in [0, 0.05) is 24.4 Å². The van der Waals surface area contributed by atoms with Crippen LogP contribution < -0.4 is 9.47 Å². The van der Waals surface area contributed by atoms with Crippen molar-refractivity contribution in [3.05, 3.63) is 47.9 Å². The summed E-state index contributed by atoms with van der Waals surface area (Å²) >= 11 is 0. The van der Waals surface area contributed by atoms with Crippen molar-refractivity contribution in [2.75, 3.05) is 13.1 Å². The molecule has 0 spiro atoms. The molecule has 0 saturated carbocycles. The molecule has 0 aliphatic carbocycles. The van der Waals surface area contributed by atoms with Gasteiger partial charge in [-0.2, -0.15) is 4.98 Å². The normalized spacial score (nSPS) is 17.5. The molecule has 0 N–H and O–H groups in total. The largest absolute Gasteiger partial charge is 0.573 e. The fourth-order valence-corrected chi connectivity index (χ4v) is 2.87. The van der Waals surface area contributed by atoms with E-state index in [-0.39, 0.29) is 17.8 Å². The number of rotatable bonds is 4. The number of hydrogen-bond donors (Lipinski definition) is 0. The molecule has 3 rings (SSSR count).